The highest BCUT2D eigenvalue weighted by molar-refractivity contribution is 5.78. The second-order valence-electron chi connectivity index (χ2n) is 6.36. The van der Waals surface area contributed by atoms with Gasteiger partial charge in [-0.2, -0.15) is 13.2 Å². The Bertz CT molecular complexity index is 1000. The van der Waals surface area contributed by atoms with E-state index in [9.17, 15) is 22.8 Å². The van der Waals surface area contributed by atoms with Gasteiger partial charge in [-0.05, 0) is 31.2 Å². The number of aryl methyl sites for hydroxylation is 2. The van der Waals surface area contributed by atoms with Gasteiger partial charge < -0.3 is 9.32 Å². The zero-order valence-corrected chi connectivity index (χ0v) is 15.3. The van der Waals surface area contributed by atoms with Gasteiger partial charge in [0.15, 0.2) is 0 Å². The molecule has 2 aromatic heterocycles. The quantitative estimate of drug-likeness (QED) is 0.616. The largest absolute Gasteiger partial charge is 0.467 e. The van der Waals surface area contributed by atoms with Gasteiger partial charge in [0.1, 0.15) is 12.3 Å². The van der Waals surface area contributed by atoms with Crippen LogP contribution in [0.3, 0.4) is 0 Å². The van der Waals surface area contributed by atoms with E-state index in [1.54, 1.807) is 34.9 Å². The number of hydrogen-bond donors (Lipinski definition) is 0. The highest BCUT2D eigenvalue weighted by Crippen LogP contribution is 2.20. The maximum atomic E-state index is 12.9. The first-order valence-electron chi connectivity index (χ1n) is 8.85. The molecule has 0 aliphatic heterocycles. The third kappa shape index (κ3) is 4.29. The molecule has 6 nitrogen and oxygen atoms in total. The van der Waals surface area contributed by atoms with Crippen molar-refractivity contribution >= 4 is 16.9 Å². The summed E-state index contributed by atoms with van der Waals surface area (Å²) in [6.45, 7) is 0.629. The minimum absolute atomic E-state index is 0.00229. The van der Waals surface area contributed by atoms with Gasteiger partial charge >= 0.3 is 11.9 Å². The zero-order chi connectivity index (χ0) is 20.3. The molecule has 3 rings (SSSR count). The number of imidazole rings is 1. The Morgan fingerprint density at radius 2 is 1.79 bits per heavy atom. The number of carbonyl (C=O) groups excluding carboxylic acids is 1. The summed E-state index contributed by atoms with van der Waals surface area (Å²) in [4.78, 5) is 25.8. The van der Waals surface area contributed by atoms with E-state index < -0.39 is 18.6 Å². The number of rotatable bonds is 7. The summed E-state index contributed by atoms with van der Waals surface area (Å²) >= 11 is 0. The third-order valence-electron chi connectivity index (χ3n) is 4.44. The predicted octanol–water partition coefficient (Wildman–Crippen LogP) is 3.40. The molecule has 0 spiro atoms. The number of halogens is 3. The number of alkyl halides is 3. The van der Waals surface area contributed by atoms with Crippen molar-refractivity contribution in [3.05, 3.63) is 58.9 Å². The summed E-state index contributed by atoms with van der Waals surface area (Å²) in [6.07, 6.45) is -3.42. The van der Waals surface area contributed by atoms with Crippen molar-refractivity contribution in [2.75, 3.05) is 6.54 Å². The Morgan fingerprint density at radius 3 is 2.36 bits per heavy atom. The molecule has 0 saturated heterocycles. The molecule has 150 valence electrons. The lowest BCUT2D eigenvalue weighted by Crippen LogP contribution is -2.39. The van der Waals surface area contributed by atoms with Gasteiger partial charge in [0.05, 0.1) is 23.8 Å². The number of furan rings is 1. The van der Waals surface area contributed by atoms with Gasteiger partial charge in [-0.3, -0.25) is 13.9 Å². The fourth-order valence-corrected chi connectivity index (χ4v) is 3.20. The van der Waals surface area contributed by atoms with Gasteiger partial charge in [-0.25, -0.2) is 4.79 Å². The average Bonchev–Trinajstić information content (AvgIpc) is 3.23. The van der Waals surface area contributed by atoms with Crippen LogP contribution in [0, 0.1) is 0 Å². The number of nitrogens with zero attached hydrogens (tertiary/aromatic N) is 3. The van der Waals surface area contributed by atoms with Crippen LogP contribution < -0.4 is 5.69 Å². The molecule has 0 aliphatic rings. The molecule has 0 fully saturated rings. The number of aromatic nitrogens is 2. The summed E-state index contributed by atoms with van der Waals surface area (Å²) in [5.74, 6) is -0.439. The fourth-order valence-electron chi connectivity index (χ4n) is 3.20. The molecule has 0 unspecified atom stereocenters. The highest BCUT2D eigenvalue weighted by Gasteiger charge is 2.33. The first-order chi connectivity index (χ1) is 13.3. The number of fused-ring (bicyclic) bond motifs is 1. The van der Waals surface area contributed by atoms with Crippen molar-refractivity contribution in [3.63, 3.8) is 0 Å². The molecule has 3 aromatic rings. The number of para-hydroxylation sites is 2. The average molecular weight is 395 g/mol. The number of hydrogen-bond acceptors (Lipinski definition) is 3. The minimum atomic E-state index is -4.53. The second-order valence-corrected chi connectivity index (χ2v) is 6.36. The van der Waals surface area contributed by atoms with Crippen molar-refractivity contribution in [2.45, 2.75) is 39.2 Å². The Morgan fingerprint density at radius 1 is 1.11 bits per heavy atom. The van der Waals surface area contributed by atoms with Gasteiger partial charge in [0.25, 0.3) is 0 Å². The molecule has 0 N–H and O–H groups in total. The maximum absolute atomic E-state index is 12.9. The lowest BCUT2D eigenvalue weighted by molar-refractivity contribution is -0.163. The molecule has 0 aliphatic carbocycles. The molecule has 1 aromatic carbocycles. The van der Waals surface area contributed by atoms with Crippen molar-refractivity contribution in [2.24, 2.45) is 0 Å². The van der Waals surface area contributed by atoms with E-state index in [4.69, 9.17) is 4.42 Å². The first-order valence-corrected chi connectivity index (χ1v) is 8.85. The van der Waals surface area contributed by atoms with Crippen LogP contribution in [0.25, 0.3) is 11.0 Å². The monoisotopic (exact) mass is 395 g/mol. The molecule has 28 heavy (non-hydrogen) atoms. The standard InChI is InChI=1S/C19H20F3N3O3/c1-2-24-15-7-3-4-8-16(15)25(18(24)27)10-9-17(26)23(13-19(20,21)22)12-14-6-5-11-28-14/h3-8,11H,2,9-10,12-13H2,1H3. The molecule has 9 heteroatoms. The van der Waals surface area contributed by atoms with Gasteiger partial charge in [0, 0.05) is 19.5 Å². The second kappa shape index (κ2) is 7.95. The first kappa shape index (κ1) is 19.8. The van der Waals surface area contributed by atoms with Crippen LogP contribution in [0.1, 0.15) is 19.1 Å². The smallest absolute Gasteiger partial charge is 0.406 e. The normalized spacial score (nSPS) is 11.9. The van der Waals surface area contributed by atoms with E-state index in [0.717, 1.165) is 5.52 Å². The van der Waals surface area contributed by atoms with Crippen molar-refractivity contribution in [1.29, 1.82) is 0 Å². The van der Waals surface area contributed by atoms with Crippen LogP contribution in [-0.2, 0) is 24.4 Å². The topological polar surface area (TPSA) is 60.4 Å². The van der Waals surface area contributed by atoms with Crippen molar-refractivity contribution in [1.82, 2.24) is 14.0 Å². The molecular formula is C19H20F3N3O3. The van der Waals surface area contributed by atoms with E-state index in [2.05, 4.69) is 0 Å². The van der Waals surface area contributed by atoms with Crippen LogP contribution in [0.4, 0.5) is 13.2 Å². The molecule has 0 saturated carbocycles. The molecule has 0 bridgehead atoms. The molecule has 2 heterocycles. The van der Waals surface area contributed by atoms with Crippen LogP contribution in [0.2, 0.25) is 0 Å². The van der Waals surface area contributed by atoms with Crippen LogP contribution in [0.15, 0.2) is 51.9 Å². The summed E-state index contributed by atoms with van der Waals surface area (Å²) in [6, 6.07) is 10.2. The van der Waals surface area contributed by atoms with E-state index in [1.165, 1.54) is 16.9 Å². The Labute approximate surface area is 158 Å². The minimum Gasteiger partial charge on any atom is -0.467 e. The Kier molecular flexibility index (Phi) is 5.62. The summed E-state index contributed by atoms with van der Waals surface area (Å²) < 4.78 is 46.7. The molecule has 1 amide bonds. The maximum Gasteiger partial charge on any atom is 0.406 e. The summed E-state index contributed by atoms with van der Waals surface area (Å²) in [5, 5.41) is 0. The molecule has 0 radical (unpaired) electrons. The van der Waals surface area contributed by atoms with Crippen LogP contribution in [-0.4, -0.2) is 32.7 Å². The van der Waals surface area contributed by atoms with Gasteiger partial charge in [0.2, 0.25) is 5.91 Å². The van der Waals surface area contributed by atoms with Crippen molar-refractivity contribution < 1.29 is 22.4 Å². The van der Waals surface area contributed by atoms with Crippen LogP contribution in [0.5, 0.6) is 0 Å². The van der Waals surface area contributed by atoms with Gasteiger partial charge in [-0.15, -0.1) is 0 Å². The SMILES string of the molecule is CCn1c(=O)n(CCC(=O)N(Cc2ccco2)CC(F)(F)F)c2ccccc21. The van der Waals surface area contributed by atoms with E-state index in [0.29, 0.717) is 17.0 Å². The number of amides is 1. The Hall–Kier alpha value is -2.97. The van der Waals surface area contributed by atoms with E-state index in [1.807, 2.05) is 6.92 Å². The lowest BCUT2D eigenvalue weighted by Gasteiger charge is -2.23. The predicted molar refractivity (Wildman–Crippen MR) is 96.7 cm³/mol. The summed E-state index contributed by atoms with van der Waals surface area (Å²) in [5.41, 5.74) is 1.09. The van der Waals surface area contributed by atoms with Gasteiger partial charge in [-0.1, -0.05) is 12.1 Å². The van der Waals surface area contributed by atoms with E-state index in [-0.39, 0.29) is 31.0 Å². The lowest BCUT2D eigenvalue weighted by atomic mass is 10.3. The van der Waals surface area contributed by atoms with Crippen LogP contribution >= 0.6 is 0 Å². The zero-order valence-electron chi connectivity index (χ0n) is 15.3. The van der Waals surface area contributed by atoms with E-state index >= 15 is 0 Å². The fraction of sp³-hybridized carbons (Fsp3) is 0.368. The summed E-state index contributed by atoms with van der Waals surface area (Å²) in [7, 11) is 0. The molecular weight excluding hydrogens is 375 g/mol. The molecule has 0 atom stereocenters. The Balaban J connectivity index is 1.80. The highest BCUT2D eigenvalue weighted by atomic mass is 19.4. The number of benzene rings is 1. The number of carbonyl (C=O) groups is 1. The third-order valence-corrected chi connectivity index (χ3v) is 4.44. The van der Waals surface area contributed by atoms with Crippen molar-refractivity contribution in [3.8, 4) is 0 Å².